The maximum absolute atomic E-state index is 6.33. The van der Waals surface area contributed by atoms with E-state index >= 15 is 0 Å². The zero-order valence-electron chi connectivity index (χ0n) is 13.5. The molecule has 3 heteroatoms. The van der Waals surface area contributed by atoms with E-state index in [0.717, 1.165) is 28.6 Å². The van der Waals surface area contributed by atoms with Crippen LogP contribution in [0.15, 0.2) is 18.2 Å². The highest BCUT2D eigenvalue weighted by atomic mass is 35.5. The summed E-state index contributed by atoms with van der Waals surface area (Å²) < 4.78 is 0. The van der Waals surface area contributed by atoms with Gasteiger partial charge in [0.15, 0.2) is 0 Å². The lowest BCUT2D eigenvalue weighted by molar-refractivity contribution is 0.188. The van der Waals surface area contributed by atoms with E-state index in [1.807, 2.05) is 18.2 Å². The van der Waals surface area contributed by atoms with Gasteiger partial charge in [0, 0.05) is 22.1 Å². The molecule has 0 aliphatic heterocycles. The van der Waals surface area contributed by atoms with Gasteiger partial charge < -0.3 is 5.32 Å². The predicted molar refractivity (Wildman–Crippen MR) is 90.9 cm³/mol. The van der Waals surface area contributed by atoms with E-state index in [-0.39, 0.29) is 11.0 Å². The molecule has 0 aromatic heterocycles. The van der Waals surface area contributed by atoms with Crippen LogP contribution in [0, 0.1) is 11.3 Å². The van der Waals surface area contributed by atoms with Gasteiger partial charge in [-0.15, -0.1) is 0 Å². The van der Waals surface area contributed by atoms with Crippen LogP contribution in [0.5, 0.6) is 0 Å². The van der Waals surface area contributed by atoms with Crippen molar-refractivity contribution in [1.29, 1.82) is 0 Å². The molecule has 114 valence electrons. The highest BCUT2D eigenvalue weighted by molar-refractivity contribution is 6.36. The van der Waals surface area contributed by atoms with Crippen molar-refractivity contribution in [2.24, 2.45) is 11.3 Å². The second-order valence-corrected chi connectivity index (χ2v) is 8.10. The maximum Gasteiger partial charge on any atom is 0.0453 e. The van der Waals surface area contributed by atoms with Crippen LogP contribution in [0.1, 0.15) is 47.1 Å². The molecule has 1 aromatic carbocycles. The average molecular weight is 316 g/mol. The van der Waals surface area contributed by atoms with Gasteiger partial charge in [0.1, 0.15) is 0 Å². The molecule has 1 N–H and O–H groups in total. The Morgan fingerprint density at radius 2 is 1.55 bits per heavy atom. The van der Waals surface area contributed by atoms with Gasteiger partial charge in [0.2, 0.25) is 0 Å². The van der Waals surface area contributed by atoms with Crippen molar-refractivity contribution >= 4 is 23.2 Å². The quantitative estimate of drug-likeness (QED) is 0.747. The molecule has 1 aromatic rings. The van der Waals surface area contributed by atoms with Crippen molar-refractivity contribution in [2.45, 2.75) is 53.5 Å². The molecule has 0 radical (unpaired) electrons. The van der Waals surface area contributed by atoms with Crippen molar-refractivity contribution in [3.8, 4) is 0 Å². The van der Waals surface area contributed by atoms with E-state index in [4.69, 9.17) is 23.2 Å². The Bertz CT molecular complexity index is 429. The summed E-state index contributed by atoms with van der Waals surface area (Å²) in [5, 5.41) is 5.14. The Labute approximate surface area is 134 Å². The average Bonchev–Trinajstić information content (AvgIpc) is 2.30. The van der Waals surface area contributed by atoms with Crippen molar-refractivity contribution in [1.82, 2.24) is 5.32 Å². The van der Waals surface area contributed by atoms with Gasteiger partial charge in [-0.25, -0.2) is 0 Å². The molecular formula is C17H27Cl2N. The second kappa shape index (κ2) is 6.68. The van der Waals surface area contributed by atoms with E-state index in [1.165, 1.54) is 0 Å². The van der Waals surface area contributed by atoms with Crippen molar-refractivity contribution in [3.63, 3.8) is 0 Å². The first-order valence-electron chi connectivity index (χ1n) is 7.23. The number of halogens is 2. The number of hydrogen-bond donors (Lipinski definition) is 1. The molecule has 1 unspecified atom stereocenters. The van der Waals surface area contributed by atoms with Gasteiger partial charge in [0.25, 0.3) is 0 Å². The molecule has 0 spiro atoms. The first-order valence-corrected chi connectivity index (χ1v) is 7.99. The normalized spacial score (nSPS) is 15.4. The lowest BCUT2D eigenvalue weighted by Crippen LogP contribution is -2.45. The molecule has 0 saturated carbocycles. The molecule has 1 atom stereocenters. The standard InChI is InChI=1S/C17H27Cl2N/c1-12(2)17(6,11-20-16(3,4)5)10-13-14(18)8-7-9-15(13)19/h7-9,12,20H,10-11H2,1-6H3. The smallest absolute Gasteiger partial charge is 0.0453 e. The monoisotopic (exact) mass is 315 g/mol. The molecule has 0 bridgehead atoms. The summed E-state index contributed by atoms with van der Waals surface area (Å²) in [5.41, 5.74) is 1.28. The minimum Gasteiger partial charge on any atom is -0.312 e. The van der Waals surface area contributed by atoms with Crippen molar-refractivity contribution in [3.05, 3.63) is 33.8 Å². The molecule has 0 amide bonds. The molecule has 0 heterocycles. The Morgan fingerprint density at radius 3 is 1.95 bits per heavy atom. The minimum absolute atomic E-state index is 0.112. The van der Waals surface area contributed by atoms with E-state index in [9.17, 15) is 0 Å². The Kier molecular flexibility index (Phi) is 5.95. The molecule has 0 aliphatic rings. The summed E-state index contributed by atoms with van der Waals surface area (Å²) in [6.45, 7) is 14.3. The molecular weight excluding hydrogens is 289 g/mol. The lowest BCUT2D eigenvalue weighted by atomic mass is 9.74. The topological polar surface area (TPSA) is 12.0 Å². The van der Waals surface area contributed by atoms with Gasteiger partial charge in [-0.1, -0.05) is 50.0 Å². The number of rotatable bonds is 5. The summed E-state index contributed by atoms with van der Waals surface area (Å²) in [5.74, 6) is 0.532. The van der Waals surface area contributed by atoms with Gasteiger partial charge in [-0.2, -0.15) is 0 Å². The van der Waals surface area contributed by atoms with Crippen LogP contribution >= 0.6 is 23.2 Å². The van der Waals surface area contributed by atoms with Gasteiger partial charge >= 0.3 is 0 Å². The second-order valence-electron chi connectivity index (χ2n) is 7.29. The fourth-order valence-corrected chi connectivity index (χ4v) is 2.57. The zero-order chi connectivity index (χ0) is 15.6. The first kappa shape index (κ1) is 17.8. The van der Waals surface area contributed by atoms with Crippen LogP contribution in [0.25, 0.3) is 0 Å². The summed E-state index contributed by atoms with van der Waals surface area (Å²) in [7, 11) is 0. The minimum atomic E-state index is 0.112. The Morgan fingerprint density at radius 1 is 1.05 bits per heavy atom. The van der Waals surface area contributed by atoms with Crippen LogP contribution < -0.4 is 5.32 Å². The van der Waals surface area contributed by atoms with E-state index in [1.54, 1.807) is 0 Å². The fraction of sp³-hybridized carbons (Fsp3) is 0.647. The van der Waals surface area contributed by atoms with Gasteiger partial charge in [0.05, 0.1) is 0 Å². The Balaban J connectivity index is 2.97. The summed E-state index contributed by atoms with van der Waals surface area (Å²) in [6, 6.07) is 5.73. The van der Waals surface area contributed by atoms with E-state index < -0.39 is 0 Å². The summed E-state index contributed by atoms with van der Waals surface area (Å²) in [4.78, 5) is 0. The molecule has 0 aliphatic carbocycles. The van der Waals surface area contributed by atoms with Crippen LogP contribution in [0.2, 0.25) is 10.0 Å². The zero-order valence-corrected chi connectivity index (χ0v) is 15.0. The number of benzene rings is 1. The molecule has 1 nitrogen and oxygen atoms in total. The van der Waals surface area contributed by atoms with Crippen molar-refractivity contribution in [2.75, 3.05) is 6.54 Å². The number of hydrogen-bond acceptors (Lipinski definition) is 1. The van der Waals surface area contributed by atoms with E-state index in [2.05, 4.69) is 46.9 Å². The third-order valence-corrected chi connectivity index (χ3v) is 4.77. The largest absolute Gasteiger partial charge is 0.312 e. The predicted octanol–water partition coefficient (Wildman–Crippen LogP) is 5.59. The first-order chi connectivity index (χ1) is 9.05. The van der Waals surface area contributed by atoms with Crippen LogP contribution in [-0.2, 0) is 6.42 Å². The fourth-order valence-electron chi connectivity index (χ4n) is 2.04. The third kappa shape index (κ3) is 4.95. The van der Waals surface area contributed by atoms with Crippen LogP contribution in [-0.4, -0.2) is 12.1 Å². The lowest BCUT2D eigenvalue weighted by Gasteiger charge is -2.37. The van der Waals surface area contributed by atoms with Crippen molar-refractivity contribution < 1.29 is 0 Å². The molecule has 1 rings (SSSR count). The highest BCUT2D eigenvalue weighted by Crippen LogP contribution is 2.36. The molecule has 20 heavy (non-hydrogen) atoms. The SMILES string of the molecule is CC(C)C(C)(CNC(C)(C)C)Cc1c(Cl)cccc1Cl. The molecule has 0 saturated heterocycles. The Hall–Kier alpha value is -0.240. The van der Waals surface area contributed by atoms with Gasteiger partial charge in [-0.3, -0.25) is 0 Å². The highest BCUT2D eigenvalue weighted by Gasteiger charge is 2.31. The van der Waals surface area contributed by atoms with Crippen LogP contribution in [0.3, 0.4) is 0 Å². The molecule has 0 fully saturated rings. The summed E-state index contributed by atoms with van der Waals surface area (Å²) >= 11 is 12.7. The van der Waals surface area contributed by atoms with Gasteiger partial charge in [-0.05, 0) is 56.2 Å². The van der Waals surface area contributed by atoms with Crippen LogP contribution in [0.4, 0.5) is 0 Å². The number of nitrogens with one attached hydrogen (secondary N) is 1. The third-order valence-electron chi connectivity index (χ3n) is 4.06. The summed E-state index contributed by atoms with van der Waals surface area (Å²) in [6.07, 6.45) is 0.881. The van der Waals surface area contributed by atoms with E-state index in [0.29, 0.717) is 5.92 Å². The maximum atomic E-state index is 6.33.